The molecule has 0 atom stereocenters. The molecule has 118 valence electrons. The van der Waals surface area contributed by atoms with E-state index in [1.165, 1.54) is 11.8 Å². The molecule has 0 radical (unpaired) electrons. The third-order valence-electron chi connectivity index (χ3n) is 3.41. The van der Waals surface area contributed by atoms with Crippen molar-refractivity contribution in [3.8, 4) is 0 Å². The van der Waals surface area contributed by atoms with Crippen molar-refractivity contribution in [2.24, 2.45) is 0 Å². The van der Waals surface area contributed by atoms with Gasteiger partial charge in [0.15, 0.2) is 5.16 Å². The quantitative estimate of drug-likeness (QED) is 0.705. The van der Waals surface area contributed by atoms with E-state index in [-0.39, 0.29) is 17.7 Å². The minimum Gasteiger partial charge on any atom is -0.335 e. The van der Waals surface area contributed by atoms with Gasteiger partial charge in [-0.3, -0.25) is 14.5 Å². The molecular formula is C14H13N5O2S2. The Kier molecular flexibility index (Phi) is 3.66. The average molecular weight is 347 g/mol. The molecule has 0 spiro atoms. The molecule has 2 N–H and O–H groups in total. The fraction of sp³-hybridized carbons (Fsp3) is 0.286. The van der Waals surface area contributed by atoms with Crippen LogP contribution in [0, 0.1) is 0 Å². The molecule has 1 aromatic carbocycles. The van der Waals surface area contributed by atoms with E-state index in [1.807, 2.05) is 28.7 Å². The number of thioether (sulfide) groups is 1. The van der Waals surface area contributed by atoms with Gasteiger partial charge in [-0.1, -0.05) is 35.2 Å². The Hall–Kier alpha value is -2.13. The molecule has 1 fully saturated rings. The van der Waals surface area contributed by atoms with E-state index >= 15 is 0 Å². The van der Waals surface area contributed by atoms with E-state index in [9.17, 15) is 9.59 Å². The van der Waals surface area contributed by atoms with E-state index in [0.717, 1.165) is 28.0 Å². The van der Waals surface area contributed by atoms with Gasteiger partial charge in [0.1, 0.15) is 0 Å². The van der Waals surface area contributed by atoms with Crippen molar-refractivity contribution < 1.29 is 9.59 Å². The predicted molar refractivity (Wildman–Crippen MR) is 88.8 cm³/mol. The van der Waals surface area contributed by atoms with Gasteiger partial charge in [-0.15, -0.1) is 10.2 Å². The van der Waals surface area contributed by atoms with Crippen LogP contribution in [-0.4, -0.2) is 38.3 Å². The molecule has 0 saturated heterocycles. The molecule has 2 aromatic heterocycles. The van der Waals surface area contributed by atoms with Gasteiger partial charge >= 0.3 is 6.03 Å². The summed E-state index contributed by atoms with van der Waals surface area (Å²) in [4.78, 5) is 24.2. The maximum Gasteiger partial charge on any atom is 0.321 e. The first kappa shape index (κ1) is 14.5. The van der Waals surface area contributed by atoms with Crippen molar-refractivity contribution in [2.45, 2.75) is 24.0 Å². The number of nitrogens with zero attached hydrogens (tertiary/aromatic N) is 3. The number of carbonyl (C=O) groups excluding carboxylic acids is 2. The van der Waals surface area contributed by atoms with Crippen molar-refractivity contribution >= 4 is 50.2 Å². The van der Waals surface area contributed by atoms with E-state index in [1.54, 1.807) is 11.3 Å². The number of imide groups is 1. The van der Waals surface area contributed by atoms with Gasteiger partial charge in [-0.25, -0.2) is 4.79 Å². The molecule has 0 aliphatic heterocycles. The van der Waals surface area contributed by atoms with Crippen molar-refractivity contribution in [1.29, 1.82) is 0 Å². The molecule has 2 heterocycles. The summed E-state index contributed by atoms with van der Waals surface area (Å²) in [6, 6.07) is 7.75. The molecule has 0 bridgehead atoms. The molecule has 1 aliphatic rings. The van der Waals surface area contributed by atoms with Gasteiger partial charge in [0.2, 0.25) is 10.9 Å². The normalized spacial score (nSPS) is 14.3. The summed E-state index contributed by atoms with van der Waals surface area (Å²) < 4.78 is 3.05. The van der Waals surface area contributed by atoms with Crippen LogP contribution in [-0.2, 0) is 4.79 Å². The number of amides is 3. The first-order chi connectivity index (χ1) is 11.2. The van der Waals surface area contributed by atoms with Crippen LogP contribution in [0.4, 0.5) is 4.79 Å². The summed E-state index contributed by atoms with van der Waals surface area (Å²) in [6.45, 7) is 0. The Morgan fingerprint density at radius 3 is 2.96 bits per heavy atom. The number of hydrogen-bond acceptors (Lipinski definition) is 6. The molecule has 1 saturated carbocycles. The molecule has 9 heteroatoms. The molecule has 7 nitrogen and oxygen atoms in total. The van der Waals surface area contributed by atoms with Crippen LogP contribution in [0.1, 0.15) is 12.8 Å². The van der Waals surface area contributed by atoms with Crippen molar-refractivity contribution in [3.63, 3.8) is 0 Å². The zero-order valence-corrected chi connectivity index (χ0v) is 13.6. The Balaban J connectivity index is 1.45. The summed E-state index contributed by atoms with van der Waals surface area (Å²) in [5.74, 6) is -0.229. The number of nitrogens with one attached hydrogen (secondary N) is 2. The zero-order valence-electron chi connectivity index (χ0n) is 12.0. The lowest BCUT2D eigenvalue weighted by atomic mass is 10.3. The Labute approximate surface area is 139 Å². The molecule has 23 heavy (non-hydrogen) atoms. The van der Waals surface area contributed by atoms with Crippen LogP contribution in [0.2, 0.25) is 0 Å². The fourth-order valence-corrected chi connectivity index (χ4v) is 3.96. The van der Waals surface area contributed by atoms with Crippen molar-refractivity contribution in [1.82, 2.24) is 25.2 Å². The molecule has 1 aliphatic carbocycles. The summed E-state index contributed by atoms with van der Waals surface area (Å²) in [7, 11) is 0. The number of fused-ring (bicyclic) bond motifs is 3. The van der Waals surface area contributed by atoms with E-state index in [2.05, 4.69) is 20.8 Å². The van der Waals surface area contributed by atoms with Gasteiger partial charge < -0.3 is 5.32 Å². The van der Waals surface area contributed by atoms with Crippen molar-refractivity contribution in [2.75, 3.05) is 5.75 Å². The largest absolute Gasteiger partial charge is 0.335 e. The third kappa shape index (κ3) is 3.02. The zero-order chi connectivity index (χ0) is 15.8. The predicted octanol–water partition coefficient (Wildman–Crippen LogP) is 2.02. The highest BCUT2D eigenvalue weighted by atomic mass is 32.2. The van der Waals surface area contributed by atoms with Crippen LogP contribution >= 0.6 is 23.1 Å². The number of aromatic nitrogens is 3. The maximum absolute atomic E-state index is 11.8. The lowest BCUT2D eigenvalue weighted by molar-refractivity contribution is -0.117. The molecule has 3 amide bonds. The van der Waals surface area contributed by atoms with E-state index in [4.69, 9.17) is 0 Å². The Morgan fingerprint density at radius 2 is 2.13 bits per heavy atom. The SMILES string of the molecule is O=C(CSc1nnc2sc3ccccc3n12)NC(=O)NC1CC1. The number of urea groups is 1. The summed E-state index contributed by atoms with van der Waals surface area (Å²) in [6.07, 6.45) is 1.97. The second-order valence-corrected chi connectivity index (χ2v) is 7.21. The summed E-state index contributed by atoms with van der Waals surface area (Å²) in [5.41, 5.74) is 1.02. The molecule has 0 unspecified atom stereocenters. The lowest BCUT2D eigenvalue weighted by Crippen LogP contribution is -2.41. The van der Waals surface area contributed by atoms with Gasteiger partial charge in [0, 0.05) is 6.04 Å². The third-order valence-corrected chi connectivity index (χ3v) is 5.35. The van der Waals surface area contributed by atoms with Crippen LogP contribution in [0.25, 0.3) is 15.2 Å². The number of thiazole rings is 1. The second kappa shape index (κ2) is 5.82. The number of hydrogen-bond donors (Lipinski definition) is 2. The smallest absolute Gasteiger partial charge is 0.321 e. The fourth-order valence-electron chi connectivity index (χ4n) is 2.19. The number of para-hydroxylation sites is 1. The van der Waals surface area contributed by atoms with Crippen LogP contribution in [0.15, 0.2) is 29.4 Å². The van der Waals surface area contributed by atoms with Crippen LogP contribution in [0.5, 0.6) is 0 Å². The highest BCUT2D eigenvalue weighted by molar-refractivity contribution is 7.99. The highest BCUT2D eigenvalue weighted by Crippen LogP contribution is 2.29. The van der Waals surface area contributed by atoms with Gasteiger partial charge in [-0.05, 0) is 25.0 Å². The monoisotopic (exact) mass is 347 g/mol. The first-order valence-corrected chi connectivity index (χ1v) is 8.97. The van der Waals surface area contributed by atoms with Crippen molar-refractivity contribution in [3.05, 3.63) is 24.3 Å². The first-order valence-electron chi connectivity index (χ1n) is 7.16. The summed E-state index contributed by atoms with van der Waals surface area (Å²) >= 11 is 2.82. The lowest BCUT2D eigenvalue weighted by Gasteiger charge is -2.04. The standard InChI is InChI=1S/C14H13N5O2S2/c20-11(16-12(21)15-8-5-6-8)7-22-13-17-18-14-19(13)9-3-1-2-4-10(9)23-14/h1-4,8H,5-7H2,(H2,15,16,20,21). The average Bonchev–Trinajstić information content (AvgIpc) is 3.12. The molecule has 4 rings (SSSR count). The summed E-state index contributed by atoms with van der Waals surface area (Å²) in [5, 5.41) is 14.0. The Bertz CT molecular complexity index is 899. The minimum absolute atomic E-state index is 0.114. The maximum atomic E-state index is 11.8. The van der Waals surface area contributed by atoms with E-state index < -0.39 is 6.03 Å². The van der Waals surface area contributed by atoms with Crippen LogP contribution < -0.4 is 10.6 Å². The topological polar surface area (TPSA) is 88.4 Å². The molecule has 3 aromatic rings. The second-order valence-electron chi connectivity index (χ2n) is 5.25. The van der Waals surface area contributed by atoms with Crippen LogP contribution in [0.3, 0.4) is 0 Å². The minimum atomic E-state index is -0.425. The molecular weight excluding hydrogens is 334 g/mol. The van der Waals surface area contributed by atoms with Gasteiger partial charge in [-0.2, -0.15) is 0 Å². The van der Waals surface area contributed by atoms with E-state index in [0.29, 0.717) is 5.16 Å². The Morgan fingerprint density at radius 1 is 1.30 bits per heavy atom. The number of rotatable bonds is 4. The number of benzene rings is 1. The van der Waals surface area contributed by atoms with Gasteiger partial charge in [0.05, 0.1) is 16.0 Å². The van der Waals surface area contributed by atoms with Gasteiger partial charge in [0.25, 0.3) is 0 Å². The highest BCUT2D eigenvalue weighted by Gasteiger charge is 2.24. The number of carbonyl (C=O) groups is 2.